The summed E-state index contributed by atoms with van der Waals surface area (Å²) in [5, 5.41) is 2.99. The molecule has 5 heteroatoms. The maximum Gasteiger partial charge on any atom is 0.224 e. The summed E-state index contributed by atoms with van der Waals surface area (Å²) in [6, 6.07) is 7.57. The number of nitrogens with two attached hydrogens (primary N) is 1. The number of amides is 1. The SMILES string of the molecule is NCC1(CC(=O)Nc2ccc(OC3CCOC3)cc2)CCCCC1. The lowest BCUT2D eigenvalue weighted by Crippen LogP contribution is -2.36. The van der Waals surface area contributed by atoms with Crippen LogP contribution >= 0.6 is 0 Å². The second-order valence-corrected chi connectivity index (χ2v) is 7.12. The van der Waals surface area contributed by atoms with Crippen molar-refractivity contribution in [3.63, 3.8) is 0 Å². The van der Waals surface area contributed by atoms with Crippen molar-refractivity contribution in [2.45, 2.75) is 51.0 Å². The molecule has 1 atom stereocenters. The van der Waals surface area contributed by atoms with Crippen LogP contribution in [0.2, 0.25) is 0 Å². The van der Waals surface area contributed by atoms with Crippen LogP contribution in [0.25, 0.3) is 0 Å². The summed E-state index contributed by atoms with van der Waals surface area (Å²) in [5.74, 6) is 0.870. The summed E-state index contributed by atoms with van der Waals surface area (Å²) in [6.45, 7) is 2.01. The van der Waals surface area contributed by atoms with E-state index in [1.807, 2.05) is 24.3 Å². The van der Waals surface area contributed by atoms with Crippen molar-refractivity contribution in [1.82, 2.24) is 0 Å². The van der Waals surface area contributed by atoms with E-state index in [0.29, 0.717) is 19.6 Å². The van der Waals surface area contributed by atoms with E-state index in [0.717, 1.165) is 37.3 Å². The largest absolute Gasteiger partial charge is 0.488 e. The highest BCUT2D eigenvalue weighted by atomic mass is 16.5. The Hall–Kier alpha value is -1.59. The van der Waals surface area contributed by atoms with Crippen molar-refractivity contribution < 1.29 is 14.3 Å². The van der Waals surface area contributed by atoms with Gasteiger partial charge in [-0.1, -0.05) is 19.3 Å². The standard InChI is InChI=1S/C19H28N2O3/c20-14-19(9-2-1-3-10-19)12-18(22)21-15-4-6-16(7-5-15)24-17-8-11-23-13-17/h4-7,17H,1-3,8-14,20H2,(H,21,22). The Bertz CT molecular complexity index is 532. The van der Waals surface area contributed by atoms with Crippen LogP contribution in [0.4, 0.5) is 5.69 Å². The molecule has 1 aliphatic heterocycles. The number of nitrogens with one attached hydrogen (secondary N) is 1. The highest BCUT2D eigenvalue weighted by Gasteiger charge is 2.32. The molecule has 1 aromatic rings. The van der Waals surface area contributed by atoms with Crippen molar-refractivity contribution in [2.75, 3.05) is 25.1 Å². The number of hydrogen-bond acceptors (Lipinski definition) is 4. The molecular weight excluding hydrogens is 304 g/mol. The maximum atomic E-state index is 12.4. The quantitative estimate of drug-likeness (QED) is 0.839. The normalized spacial score (nSPS) is 23.0. The van der Waals surface area contributed by atoms with Crippen LogP contribution in [-0.4, -0.2) is 31.8 Å². The maximum absolute atomic E-state index is 12.4. The summed E-state index contributed by atoms with van der Waals surface area (Å²) < 4.78 is 11.1. The molecule has 1 amide bonds. The highest BCUT2D eigenvalue weighted by Crippen LogP contribution is 2.38. The third kappa shape index (κ3) is 4.48. The fourth-order valence-corrected chi connectivity index (χ4v) is 3.72. The predicted octanol–water partition coefficient (Wildman–Crippen LogP) is 3.09. The van der Waals surface area contributed by atoms with E-state index in [-0.39, 0.29) is 17.4 Å². The lowest BCUT2D eigenvalue weighted by Gasteiger charge is -2.35. The molecule has 1 aromatic carbocycles. The second-order valence-electron chi connectivity index (χ2n) is 7.12. The Labute approximate surface area is 143 Å². The minimum Gasteiger partial charge on any atom is -0.488 e. The van der Waals surface area contributed by atoms with Crippen molar-refractivity contribution in [1.29, 1.82) is 0 Å². The second kappa shape index (κ2) is 7.99. The first-order valence-corrected chi connectivity index (χ1v) is 9.04. The van der Waals surface area contributed by atoms with Crippen molar-refractivity contribution >= 4 is 11.6 Å². The molecule has 0 bridgehead atoms. The average molecular weight is 332 g/mol. The molecule has 1 heterocycles. The Balaban J connectivity index is 1.52. The average Bonchev–Trinajstić information content (AvgIpc) is 3.10. The molecule has 3 N–H and O–H groups in total. The van der Waals surface area contributed by atoms with Gasteiger partial charge >= 0.3 is 0 Å². The third-order valence-corrected chi connectivity index (χ3v) is 5.21. The van der Waals surface area contributed by atoms with Crippen molar-refractivity contribution in [3.05, 3.63) is 24.3 Å². The van der Waals surface area contributed by atoms with Crippen LogP contribution in [0.5, 0.6) is 5.75 Å². The molecule has 0 aromatic heterocycles. The Morgan fingerprint density at radius 1 is 1.25 bits per heavy atom. The third-order valence-electron chi connectivity index (χ3n) is 5.21. The van der Waals surface area contributed by atoms with Gasteiger partial charge in [-0.05, 0) is 49.1 Å². The number of carbonyl (C=O) groups excluding carboxylic acids is 1. The van der Waals surface area contributed by atoms with E-state index in [2.05, 4.69) is 5.32 Å². The fraction of sp³-hybridized carbons (Fsp3) is 0.632. The van der Waals surface area contributed by atoms with Gasteiger partial charge < -0.3 is 20.5 Å². The van der Waals surface area contributed by atoms with Crippen LogP contribution in [0.3, 0.4) is 0 Å². The Morgan fingerprint density at radius 3 is 2.62 bits per heavy atom. The molecule has 2 aliphatic rings. The molecule has 1 aliphatic carbocycles. The van der Waals surface area contributed by atoms with Crippen molar-refractivity contribution in [3.8, 4) is 5.75 Å². The summed E-state index contributed by atoms with van der Waals surface area (Å²) in [5.41, 5.74) is 6.77. The van der Waals surface area contributed by atoms with Crippen LogP contribution in [-0.2, 0) is 9.53 Å². The van der Waals surface area contributed by atoms with Crippen LogP contribution in [0, 0.1) is 5.41 Å². The molecule has 5 nitrogen and oxygen atoms in total. The zero-order valence-corrected chi connectivity index (χ0v) is 14.3. The number of ether oxygens (including phenoxy) is 2. The molecule has 1 saturated carbocycles. The van der Waals surface area contributed by atoms with Gasteiger partial charge in [-0.15, -0.1) is 0 Å². The topological polar surface area (TPSA) is 73.6 Å². The Morgan fingerprint density at radius 2 is 2.00 bits per heavy atom. The number of hydrogen-bond donors (Lipinski definition) is 2. The molecule has 1 saturated heterocycles. The van der Waals surface area contributed by atoms with Crippen molar-refractivity contribution in [2.24, 2.45) is 11.1 Å². The first-order chi connectivity index (χ1) is 11.7. The van der Waals surface area contributed by atoms with Crippen LogP contribution in [0.1, 0.15) is 44.9 Å². The molecule has 0 radical (unpaired) electrons. The molecule has 24 heavy (non-hydrogen) atoms. The van der Waals surface area contributed by atoms with Gasteiger partial charge in [0.25, 0.3) is 0 Å². The van der Waals surface area contributed by atoms with E-state index in [4.69, 9.17) is 15.2 Å². The lowest BCUT2D eigenvalue weighted by molar-refractivity contribution is -0.118. The first-order valence-electron chi connectivity index (χ1n) is 9.04. The van der Waals surface area contributed by atoms with Gasteiger partial charge in [0, 0.05) is 18.5 Å². The first kappa shape index (κ1) is 17.2. The number of rotatable bonds is 6. The molecule has 2 fully saturated rings. The lowest BCUT2D eigenvalue weighted by atomic mass is 9.71. The van der Waals surface area contributed by atoms with Gasteiger partial charge in [0.05, 0.1) is 13.2 Å². The molecule has 0 spiro atoms. The minimum atomic E-state index is -0.00609. The van der Waals surface area contributed by atoms with E-state index in [1.54, 1.807) is 0 Å². The monoisotopic (exact) mass is 332 g/mol. The summed E-state index contributed by atoms with van der Waals surface area (Å²) in [4.78, 5) is 12.4. The molecule has 3 rings (SSSR count). The minimum absolute atomic E-state index is 0.00609. The zero-order valence-electron chi connectivity index (χ0n) is 14.3. The van der Waals surface area contributed by atoms with Gasteiger partial charge in [0.15, 0.2) is 0 Å². The number of anilines is 1. The van der Waals surface area contributed by atoms with Gasteiger partial charge in [-0.2, -0.15) is 0 Å². The number of benzene rings is 1. The number of carbonyl (C=O) groups is 1. The van der Waals surface area contributed by atoms with Crippen LogP contribution < -0.4 is 15.8 Å². The molecule has 1 unspecified atom stereocenters. The smallest absolute Gasteiger partial charge is 0.224 e. The van der Waals surface area contributed by atoms with E-state index < -0.39 is 0 Å². The van der Waals surface area contributed by atoms with E-state index in [9.17, 15) is 4.79 Å². The highest BCUT2D eigenvalue weighted by molar-refractivity contribution is 5.91. The Kier molecular flexibility index (Phi) is 5.74. The summed E-state index contributed by atoms with van der Waals surface area (Å²) >= 11 is 0. The predicted molar refractivity (Wildman–Crippen MR) is 94.1 cm³/mol. The van der Waals surface area contributed by atoms with E-state index >= 15 is 0 Å². The van der Waals surface area contributed by atoms with Gasteiger partial charge in [-0.3, -0.25) is 4.79 Å². The summed E-state index contributed by atoms with van der Waals surface area (Å²) in [6.07, 6.45) is 7.34. The van der Waals surface area contributed by atoms with Gasteiger partial charge in [0.2, 0.25) is 5.91 Å². The van der Waals surface area contributed by atoms with Gasteiger partial charge in [0.1, 0.15) is 11.9 Å². The van der Waals surface area contributed by atoms with Crippen LogP contribution in [0.15, 0.2) is 24.3 Å². The molecular formula is C19H28N2O3. The zero-order chi connectivity index (χ0) is 16.8. The fourth-order valence-electron chi connectivity index (χ4n) is 3.72. The summed E-state index contributed by atoms with van der Waals surface area (Å²) in [7, 11) is 0. The van der Waals surface area contributed by atoms with Gasteiger partial charge in [-0.25, -0.2) is 0 Å². The molecule has 132 valence electrons. The van der Waals surface area contributed by atoms with E-state index in [1.165, 1.54) is 19.3 Å².